The minimum Gasteiger partial charge on any atom is -0.444 e. The first-order chi connectivity index (χ1) is 12.8. The lowest BCUT2D eigenvalue weighted by Crippen LogP contribution is -2.39. The molecule has 1 aliphatic rings. The molecule has 7 nitrogen and oxygen atoms in total. The van der Waals surface area contributed by atoms with Crippen LogP contribution < -0.4 is 0 Å². The Morgan fingerprint density at radius 1 is 1.37 bits per heavy atom. The van der Waals surface area contributed by atoms with Crippen molar-refractivity contribution in [3.63, 3.8) is 0 Å². The summed E-state index contributed by atoms with van der Waals surface area (Å²) in [6, 6.07) is 0. The number of ether oxygens (including phenoxy) is 1. The van der Waals surface area contributed by atoms with E-state index in [1.165, 1.54) is 0 Å². The Hall–Kier alpha value is -2.70. The van der Waals surface area contributed by atoms with E-state index in [4.69, 9.17) is 4.74 Å². The van der Waals surface area contributed by atoms with Crippen molar-refractivity contribution >= 4 is 23.8 Å². The fraction of sp³-hybridized carbons (Fsp3) is 0.500. The molecule has 0 atom stereocenters. The molecular formula is C20H31N5O2. The first-order valence-electron chi connectivity index (χ1n) is 9.18. The van der Waals surface area contributed by atoms with Gasteiger partial charge in [-0.25, -0.2) is 14.5 Å². The summed E-state index contributed by atoms with van der Waals surface area (Å²) in [7, 11) is 1.66. The van der Waals surface area contributed by atoms with Crippen molar-refractivity contribution in [2.75, 3.05) is 20.1 Å². The van der Waals surface area contributed by atoms with E-state index in [1.807, 2.05) is 46.9 Å². The van der Waals surface area contributed by atoms with Crippen LogP contribution in [0.3, 0.4) is 0 Å². The second kappa shape index (κ2) is 10.4. The van der Waals surface area contributed by atoms with Gasteiger partial charge in [0.15, 0.2) is 0 Å². The highest BCUT2D eigenvalue weighted by Gasteiger charge is 2.24. The molecule has 0 spiro atoms. The van der Waals surface area contributed by atoms with E-state index < -0.39 is 5.60 Å². The van der Waals surface area contributed by atoms with Gasteiger partial charge in [0.25, 0.3) is 0 Å². The summed E-state index contributed by atoms with van der Waals surface area (Å²) >= 11 is 0. The molecule has 0 bridgehead atoms. The summed E-state index contributed by atoms with van der Waals surface area (Å²) in [5, 5.41) is 4.31. The second-order valence-electron chi connectivity index (χ2n) is 6.62. The average Bonchev–Trinajstić information content (AvgIpc) is 3.13. The Balaban J connectivity index is 0.00000176. The third kappa shape index (κ3) is 6.84. The lowest BCUT2D eigenvalue weighted by Gasteiger charge is -2.29. The molecule has 0 fully saturated rings. The first kappa shape index (κ1) is 22.3. The highest BCUT2D eigenvalue weighted by molar-refractivity contribution is 5.91. The molecule has 7 heteroatoms. The third-order valence-electron chi connectivity index (χ3n) is 3.51. The molecular weight excluding hydrogens is 342 g/mol. The Labute approximate surface area is 162 Å². The molecule has 2 rings (SSSR count). The van der Waals surface area contributed by atoms with Crippen LogP contribution in [0.4, 0.5) is 4.79 Å². The molecule has 1 aliphatic heterocycles. The number of hydrogen-bond donors (Lipinski definition) is 0. The molecule has 0 saturated carbocycles. The summed E-state index contributed by atoms with van der Waals surface area (Å²) in [4.78, 5) is 22.1. The van der Waals surface area contributed by atoms with E-state index in [-0.39, 0.29) is 6.09 Å². The number of rotatable bonds is 2. The number of hydrogen-bond acceptors (Lipinski definition) is 4. The second-order valence-corrected chi connectivity index (χ2v) is 6.62. The smallest absolute Gasteiger partial charge is 0.410 e. The Morgan fingerprint density at radius 2 is 2.07 bits per heavy atom. The van der Waals surface area contributed by atoms with E-state index in [1.54, 1.807) is 35.1 Å². The SMILES string of the molecule is C=C/C=N\C(=NC)n1cc(C2=CCN(C(=O)OC(C)(C)C)CC2)cn1.CC. The van der Waals surface area contributed by atoms with Crippen LogP contribution in [0.25, 0.3) is 5.57 Å². The number of nitrogens with zero attached hydrogens (tertiary/aromatic N) is 5. The van der Waals surface area contributed by atoms with Gasteiger partial charge >= 0.3 is 6.09 Å². The summed E-state index contributed by atoms with van der Waals surface area (Å²) < 4.78 is 7.03. The van der Waals surface area contributed by atoms with Gasteiger partial charge in [-0.05, 0) is 32.8 Å². The van der Waals surface area contributed by atoms with Gasteiger partial charge in [0.1, 0.15) is 5.60 Å². The minimum absolute atomic E-state index is 0.280. The average molecular weight is 374 g/mol. The monoisotopic (exact) mass is 373 g/mol. The van der Waals surface area contributed by atoms with E-state index in [9.17, 15) is 4.79 Å². The quantitative estimate of drug-likeness (QED) is 0.580. The standard InChI is InChI=1S/C18H25N5O2.C2H6/c1-6-9-20-16(19-5)23-13-15(12-21-23)14-7-10-22(11-8-14)17(24)25-18(2,3)4;1-2/h6-7,9,12-13H,1,8,10-11H2,2-5H3;1-2H3/b19-16?,20-9-;. The zero-order chi connectivity index (χ0) is 20.4. The van der Waals surface area contributed by atoms with Crippen molar-refractivity contribution in [1.29, 1.82) is 0 Å². The number of carbonyl (C=O) groups is 1. The van der Waals surface area contributed by atoms with Crippen molar-refractivity contribution in [2.24, 2.45) is 9.98 Å². The molecule has 1 aromatic rings. The molecule has 0 aliphatic carbocycles. The maximum Gasteiger partial charge on any atom is 0.410 e. The third-order valence-corrected chi connectivity index (χ3v) is 3.51. The first-order valence-corrected chi connectivity index (χ1v) is 9.18. The molecule has 1 amide bonds. The zero-order valence-electron chi connectivity index (χ0n) is 17.3. The summed E-state index contributed by atoms with van der Waals surface area (Å²) in [6.07, 6.45) is 9.33. The van der Waals surface area contributed by atoms with E-state index in [0.717, 1.165) is 17.6 Å². The zero-order valence-corrected chi connectivity index (χ0v) is 17.3. The van der Waals surface area contributed by atoms with Gasteiger partial charge in [0.05, 0.1) is 6.20 Å². The number of carbonyl (C=O) groups excluding carboxylic acids is 1. The van der Waals surface area contributed by atoms with Crippen molar-refractivity contribution < 1.29 is 9.53 Å². The van der Waals surface area contributed by atoms with Gasteiger partial charge in [-0.2, -0.15) is 5.10 Å². The highest BCUT2D eigenvalue weighted by atomic mass is 16.6. The predicted molar refractivity (Wildman–Crippen MR) is 111 cm³/mol. The van der Waals surface area contributed by atoms with Crippen LogP contribution in [0.15, 0.2) is 41.1 Å². The Kier molecular flexibility index (Phi) is 8.65. The molecule has 2 heterocycles. The van der Waals surface area contributed by atoms with Gasteiger partial charge in [0.2, 0.25) is 5.96 Å². The molecule has 27 heavy (non-hydrogen) atoms. The van der Waals surface area contributed by atoms with E-state index >= 15 is 0 Å². The lowest BCUT2D eigenvalue weighted by atomic mass is 10.0. The van der Waals surface area contributed by atoms with Gasteiger partial charge in [0, 0.05) is 38.1 Å². The summed E-state index contributed by atoms with van der Waals surface area (Å²) in [5.74, 6) is 0.484. The molecule has 148 valence electrons. The molecule has 1 aromatic heterocycles. The number of aliphatic imine (C=N–C) groups is 2. The lowest BCUT2D eigenvalue weighted by molar-refractivity contribution is 0.0270. The van der Waals surface area contributed by atoms with Crippen LogP contribution in [0.1, 0.15) is 46.6 Å². The van der Waals surface area contributed by atoms with Crippen LogP contribution in [-0.4, -0.2) is 58.7 Å². The molecule has 0 unspecified atom stereocenters. The fourth-order valence-corrected chi connectivity index (χ4v) is 2.36. The minimum atomic E-state index is -0.482. The van der Waals surface area contributed by atoms with Gasteiger partial charge in [-0.15, -0.1) is 0 Å². The summed E-state index contributed by atoms with van der Waals surface area (Å²) in [6.45, 7) is 14.3. The Morgan fingerprint density at radius 3 is 2.59 bits per heavy atom. The van der Waals surface area contributed by atoms with Crippen molar-refractivity contribution in [2.45, 2.75) is 46.6 Å². The molecule has 0 N–H and O–H groups in total. The van der Waals surface area contributed by atoms with Crippen LogP contribution >= 0.6 is 0 Å². The molecule has 0 radical (unpaired) electrons. The van der Waals surface area contributed by atoms with Crippen LogP contribution in [-0.2, 0) is 4.74 Å². The number of allylic oxidation sites excluding steroid dienone is 1. The van der Waals surface area contributed by atoms with Crippen molar-refractivity contribution in [1.82, 2.24) is 14.7 Å². The van der Waals surface area contributed by atoms with Crippen LogP contribution in [0.2, 0.25) is 0 Å². The summed E-state index contributed by atoms with van der Waals surface area (Å²) in [5.41, 5.74) is 1.66. The van der Waals surface area contributed by atoms with E-state index in [2.05, 4.69) is 21.7 Å². The van der Waals surface area contributed by atoms with Gasteiger partial charge in [-0.1, -0.05) is 32.6 Å². The normalized spacial score (nSPS) is 15.1. The van der Waals surface area contributed by atoms with Crippen molar-refractivity contribution in [3.05, 3.63) is 36.7 Å². The van der Waals surface area contributed by atoms with Gasteiger partial charge in [-0.3, -0.25) is 4.99 Å². The van der Waals surface area contributed by atoms with Crippen molar-refractivity contribution in [3.8, 4) is 0 Å². The number of aromatic nitrogens is 2. The number of amides is 1. The predicted octanol–water partition coefficient (Wildman–Crippen LogP) is 4.02. The fourth-order valence-electron chi connectivity index (χ4n) is 2.36. The van der Waals surface area contributed by atoms with Crippen LogP contribution in [0, 0.1) is 0 Å². The maximum atomic E-state index is 12.1. The highest BCUT2D eigenvalue weighted by Crippen LogP contribution is 2.23. The molecule has 0 saturated heterocycles. The maximum absolute atomic E-state index is 12.1. The topological polar surface area (TPSA) is 72.1 Å². The van der Waals surface area contributed by atoms with E-state index in [0.29, 0.717) is 19.0 Å². The largest absolute Gasteiger partial charge is 0.444 e. The Bertz CT molecular complexity index is 723. The van der Waals surface area contributed by atoms with Crippen LogP contribution in [0.5, 0.6) is 0 Å². The molecule has 0 aromatic carbocycles. The van der Waals surface area contributed by atoms with Gasteiger partial charge < -0.3 is 9.64 Å².